The van der Waals surface area contributed by atoms with Crippen LogP contribution in [-0.4, -0.2) is 105 Å². The minimum Gasteiger partial charge on any atom is -0.379 e. The van der Waals surface area contributed by atoms with Gasteiger partial charge >= 0.3 is 0 Å². The third-order valence-corrected chi connectivity index (χ3v) is 6.61. The standard InChI is InChI=1S/C25H29F2N11O2/c26-20(27)21-32-18-3-1-2-4-19(18)38(21)25-34-23(33-24(35-25)37-9-13-40-14-10-37)31-17-15-29-22(30-16-17)28-5-6-36-7-11-39-12-8-36/h1-4,15-16,20H,5-14H2,(H,28,29,30)(H,31,33,34,35). The summed E-state index contributed by atoms with van der Waals surface area (Å²) in [6.07, 6.45) is 0.391. The molecule has 0 bridgehead atoms. The molecule has 0 atom stereocenters. The van der Waals surface area contributed by atoms with Gasteiger partial charge in [-0.15, -0.1) is 0 Å². The number of ether oxygens (including phenoxy) is 2. The molecule has 2 saturated heterocycles. The normalized spacial score (nSPS) is 16.5. The quantitative estimate of drug-likeness (QED) is 0.315. The Labute approximate surface area is 228 Å². The third kappa shape index (κ3) is 5.90. The largest absolute Gasteiger partial charge is 0.379 e. The summed E-state index contributed by atoms with van der Waals surface area (Å²) >= 11 is 0. The summed E-state index contributed by atoms with van der Waals surface area (Å²) in [7, 11) is 0. The molecule has 3 aromatic heterocycles. The number of nitrogens with one attached hydrogen (secondary N) is 2. The van der Waals surface area contributed by atoms with Crippen molar-refractivity contribution in [3.63, 3.8) is 0 Å². The molecule has 0 spiro atoms. The molecule has 15 heteroatoms. The average molecular weight is 554 g/mol. The summed E-state index contributed by atoms with van der Waals surface area (Å²) in [4.78, 5) is 30.8. The molecule has 4 aromatic rings. The molecule has 0 amide bonds. The van der Waals surface area contributed by atoms with E-state index >= 15 is 0 Å². The number of hydrogen-bond acceptors (Lipinski definition) is 12. The van der Waals surface area contributed by atoms with Crippen LogP contribution in [0.5, 0.6) is 0 Å². The second-order valence-electron chi connectivity index (χ2n) is 9.25. The van der Waals surface area contributed by atoms with Gasteiger partial charge in [-0.05, 0) is 12.1 Å². The lowest BCUT2D eigenvalue weighted by atomic mass is 10.3. The van der Waals surface area contributed by atoms with E-state index in [1.807, 2.05) is 4.90 Å². The number of halogens is 2. The Morgan fingerprint density at radius 1 is 0.825 bits per heavy atom. The van der Waals surface area contributed by atoms with Crippen LogP contribution in [0.1, 0.15) is 12.2 Å². The van der Waals surface area contributed by atoms with Gasteiger partial charge in [-0.1, -0.05) is 12.1 Å². The predicted molar refractivity (Wildman–Crippen MR) is 144 cm³/mol. The molecule has 0 saturated carbocycles. The number of hydrogen-bond donors (Lipinski definition) is 2. The van der Waals surface area contributed by atoms with Gasteiger partial charge in [-0.2, -0.15) is 15.0 Å². The van der Waals surface area contributed by atoms with E-state index in [1.54, 1.807) is 36.7 Å². The van der Waals surface area contributed by atoms with Gasteiger partial charge in [0.1, 0.15) is 0 Å². The highest BCUT2D eigenvalue weighted by atomic mass is 19.3. The smallest absolute Gasteiger partial charge is 0.296 e. The maximum Gasteiger partial charge on any atom is 0.296 e. The molecule has 0 radical (unpaired) electrons. The SMILES string of the molecule is FC(F)c1nc2ccccc2n1-c1nc(Nc2cnc(NCCN3CCOCC3)nc2)nc(N2CCOCC2)n1. The molecule has 2 N–H and O–H groups in total. The molecule has 2 aliphatic rings. The summed E-state index contributed by atoms with van der Waals surface area (Å²) < 4.78 is 40.2. The molecule has 6 rings (SSSR count). The first-order valence-electron chi connectivity index (χ1n) is 13.1. The van der Waals surface area contributed by atoms with Crippen molar-refractivity contribution in [3.05, 3.63) is 42.5 Å². The predicted octanol–water partition coefficient (Wildman–Crippen LogP) is 2.26. The Kier molecular flexibility index (Phi) is 7.83. The fourth-order valence-electron chi connectivity index (χ4n) is 4.58. The zero-order valence-electron chi connectivity index (χ0n) is 21.7. The van der Waals surface area contributed by atoms with Crippen LogP contribution in [-0.2, 0) is 9.47 Å². The summed E-state index contributed by atoms with van der Waals surface area (Å²) in [5, 5.41) is 6.32. The summed E-state index contributed by atoms with van der Waals surface area (Å²) in [5.41, 5.74) is 1.43. The van der Waals surface area contributed by atoms with Crippen LogP contribution >= 0.6 is 0 Å². The Hall–Kier alpha value is -4.08. The fourth-order valence-corrected chi connectivity index (χ4v) is 4.58. The number of anilines is 4. The number of morpholine rings is 2. The zero-order chi connectivity index (χ0) is 27.3. The lowest BCUT2D eigenvalue weighted by Crippen LogP contribution is -2.39. The first-order chi connectivity index (χ1) is 19.6. The number of aromatic nitrogens is 7. The highest BCUT2D eigenvalue weighted by molar-refractivity contribution is 5.77. The van der Waals surface area contributed by atoms with Gasteiger partial charge in [0.15, 0.2) is 5.82 Å². The van der Waals surface area contributed by atoms with E-state index in [-0.39, 0.29) is 11.9 Å². The minimum atomic E-state index is -2.83. The van der Waals surface area contributed by atoms with Gasteiger partial charge in [0.05, 0.1) is 55.5 Å². The number of fused-ring (bicyclic) bond motifs is 1. The lowest BCUT2D eigenvalue weighted by Gasteiger charge is -2.27. The van der Waals surface area contributed by atoms with Crippen molar-refractivity contribution in [2.75, 3.05) is 81.2 Å². The van der Waals surface area contributed by atoms with Crippen LogP contribution in [0, 0.1) is 0 Å². The van der Waals surface area contributed by atoms with Crippen LogP contribution in [0.25, 0.3) is 17.0 Å². The zero-order valence-corrected chi connectivity index (χ0v) is 21.7. The topological polar surface area (TPSA) is 131 Å². The Balaban J connectivity index is 1.26. The van der Waals surface area contributed by atoms with Gasteiger partial charge in [0, 0.05) is 39.3 Å². The van der Waals surface area contributed by atoms with Crippen molar-refractivity contribution in [3.8, 4) is 5.95 Å². The van der Waals surface area contributed by atoms with Gasteiger partial charge in [-0.25, -0.2) is 23.7 Å². The summed E-state index contributed by atoms with van der Waals surface area (Å²) in [5.74, 6) is 0.597. The molecule has 0 aliphatic carbocycles. The maximum atomic E-state index is 14.1. The van der Waals surface area contributed by atoms with E-state index in [0.29, 0.717) is 61.5 Å². The van der Waals surface area contributed by atoms with Crippen LogP contribution in [0.3, 0.4) is 0 Å². The number of benzene rings is 1. The number of rotatable bonds is 9. The van der Waals surface area contributed by atoms with Crippen LogP contribution in [0.15, 0.2) is 36.7 Å². The van der Waals surface area contributed by atoms with E-state index in [2.05, 4.69) is 45.4 Å². The van der Waals surface area contributed by atoms with E-state index in [9.17, 15) is 8.78 Å². The van der Waals surface area contributed by atoms with Crippen molar-refractivity contribution >= 4 is 34.6 Å². The molecule has 13 nitrogen and oxygen atoms in total. The molecule has 40 heavy (non-hydrogen) atoms. The van der Waals surface area contributed by atoms with E-state index in [4.69, 9.17) is 9.47 Å². The highest BCUT2D eigenvalue weighted by Gasteiger charge is 2.24. The van der Waals surface area contributed by atoms with Crippen molar-refractivity contribution in [2.24, 2.45) is 0 Å². The molecule has 1 aromatic carbocycles. The van der Waals surface area contributed by atoms with Crippen molar-refractivity contribution in [2.45, 2.75) is 6.43 Å². The second kappa shape index (κ2) is 12.0. The van der Waals surface area contributed by atoms with Crippen LogP contribution < -0.4 is 15.5 Å². The molecular formula is C25H29F2N11O2. The van der Waals surface area contributed by atoms with Gasteiger partial charge < -0.3 is 25.0 Å². The van der Waals surface area contributed by atoms with Gasteiger partial charge in [-0.3, -0.25) is 9.47 Å². The van der Waals surface area contributed by atoms with Crippen molar-refractivity contribution in [1.82, 2.24) is 39.4 Å². The Bertz CT molecular complexity index is 1420. The summed E-state index contributed by atoms with van der Waals surface area (Å²) in [6.45, 7) is 7.05. The second-order valence-corrected chi connectivity index (χ2v) is 9.25. The van der Waals surface area contributed by atoms with E-state index in [0.717, 1.165) is 32.8 Å². The molecule has 5 heterocycles. The van der Waals surface area contributed by atoms with E-state index < -0.39 is 12.2 Å². The van der Waals surface area contributed by atoms with Gasteiger partial charge in [0.2, 0.25) is 23.8 Å². The highest BCUT2D eigenvalue weighted by Crippen LogP contribution is 2.28. The number of nitrogens with zero attached hydrogens (tertiary/aromatic N) is 9. The average Bonchev–Trinajstić information content (AvgIpc) is 3.39. The number of alkyl halides is 2. The Morgan fingerprint density at radius 3 is 2.27 bits per heavy atom. The Morgan fingerprint density at radius 2 is 1.52 bits per heavy atom. The monoisotopic (exact) mass is 553 g/mol. The van der Waals surface area contributed by atoms with Crippen molar-refractivity contribution in [1.29, 1.82) is 0 Å². The van der Waals surface area contributed by atoms with E-state index in [1.165, 1.54) is 4.57 Å². The summed E-state index contributed by atoms with van der Waals surface area (Å²) in [6, 6.07) is 6.88. The molecule has 2 aliphatic heterocycles. The van der Waals surface area contributed by atoms with Crippen LogP contribution in [0.2, 0.25) is 0 Å². The number of para-hydroxylation sites is 2. The fraction of sp³-hybridized carbons (Fsp3) is 0.440. The molecule has 210 valence electrons. The maximum absolute atomic E-state index is 14.1. The first kappa shape index (κ1) is 26.2. The van der Waals surface area contributed by atoms with Crippen LogP contribution in [0.4, 0.5) is 32.3 Å². The van der Waals surface area contributed by atoms with Gasteiger partial charge in [0.25, 0.3) is 6.43 Å². The first-order valence-corrected chi connectivity index (χ1v) is 13.1. The minimum absolute atomic E-state index is 0.0327. The molecular weight excluding hydrogens is 524 g/mol. The number of imidazole rings is 1. The van der Waals surface area contributed by atoms with Crippen molar-refractivity contribution < 1.29 is 18.3 Å². The molecule has 0 unspecified atom stereocenters. The molecule has 2 fully saturated rings. The lowest BCUT2D eigenvalue weighted by molar-refractivity contribution is 0.0398. The third-order valence-electron chi connectivity index (χ3n) is 6.61.